The molecule has 1 atom stereocenters. The van der Waals surface area contributed by atoms with E-state index in [-0.39, 0.29) is 12.5 Å². The maximum Gasteiger partial charge on any atom is 0.304 e. The molecular formula is C24H32Cl2N4O4S. The van der Waals surface area contributed by atoms with Crippen molar-refractivity contribution < 1.29 is 18.0 Å². The van der Waals surface area contributed by atoms with Gasteiger partial charge in [0.1, 0.15) is 12.6 Å². The van der Waals surface area contributed by atoms with Gasteiger partial charge in [-0.15, -0.1) is 0 Å². The summed E-state index contributed by atoms with van der Waals surface area (Å²) < 4.78 is 28.7. The monoisotopic (exact) mass is 542 g/mol. The van der Waals surface area contributed by atoms with Gasteiger partial charge in [0.05, 0.1) is 5.69 Å². The highest BCUT2D eigenvalue weighted by atomic mass is 35.5. The number of likely N-dealkylation sites (N-methyl/N-ethyl adjacent to an activating group) is 1. The van der Waals surface area contributed by atoms with Crippen molar-refractivity contribution in [2.75, 3.05) is 32.0 Å². The van der Waals surface area contributed by atoms with E-state index < -0.39 is 28.7 Å². The van der Waals surface area contributed by atoms with Crippen molar-refractivity contribution in [1.82, 2.24) is 14.5 Å². The summed E-state index contributed by atoms with van der Waals surface area (Å²) in [6.45, 7) is 4.91. The molecule has 2 aromatic rings. The quantitative estimate of drug-likeness (QED) is 0.494. The topological polar surface area (TPSA) is 90.0 Å². The Balaban J connectivity index is 2.58. The van der Waals surface area contributed by atoms with Crippen LogP contribution in [0.15, 0.2) is 36.4 Å². The number of anilines is 1. The summed E-state index contributed by atoms with van der Waals surface area (Å²) in [5.74, 6) is -0.905. The van der Waals surface area contributed by atoms with Crippen LogP contribution in [0.25, 0.3) is 0 Å². The van der Waals surface area contributed by atoms with Crippen LogP contribution >= 0.6 is 23.2 Å². The average Bonchev–Trinajstić information content (AvgIpc) is 2.79. The maximum atomic E-state index is 13.7. The van der Waals surface area contributed by atoms with Gasteiger partial charge in [0.15, 0.2) is 0 Å². The van der Waals surface area contributed by atoms with E-state index in [1.807, 2.05) is 13.0 Å². The number of hydrogen-bond acceptors (Lipinski definition) is 4. The normalized spacial score (nSPS) is 12.4. The van der Waals surface area contributed by atoms with Crippen molar-refractivity contribution in [3.05, 3.63) is 63.1 Å². The summed E-state index contributed by atoms with van der Waals surface area (Å²) >= 11 is 12.4. The molecule has 0 aliphatic rings. The van der Waals surface area contributed by atoms with Crippen molar-refractivity contribution in [1.29, 1.82) is 0 Å². The Morgan fingerprint density at radius 1 is 1.06 bits per heavy atom. The fourth-order valence-electron chi connectivity index (χ4n) is 3.61. The lowest BCUT2D eigenvalue weighted by Gasteiger charge is -2.34. The molecule has 35 heavy (non-hydrogen) atoms. The zero-order chi connectivity index (χ0) is 26.5. The summed E-state index contributed by atoms with van der Waals surface area (Å²) in [5.41, 5.74) is 2.52. The molecule has 0 saturated carbocycles. The highest BCUT2D eigenvalue weighted by molar-refractivity contribution is 7.90. The summed E-state index contributed by atoms with van der Waals surface area (Å²) in [5, 5.41) is 3.36. The molecule has 0 aliphatic carbocycles. The molecule has 0 radical (unpaired) electrons. The Labute approximate surface area is 218 Å². The number of aryl methyl sites for hydroxylation is 2. The largest absolute Gasteiger partial charge is 0.357 e. The molecular weight excluding hydrogens is 511 g/mol. The van der Waals surface area contributed by atoms with Crippen molar-refractivity contribution in [2.24, 2.45) is 0 Å². The zero-order valence-electron chi connectivity index (χ0n) is 20.8. The van der Waals surface area contributed by atoms with Gasteiger partial charge < -0.3 is 10.2 Å². The highest BCUT2D eigenvalue weighted by Gasteiger charge is 2.34. The molecule has 2 aromatic carbocycles. The number of nitrogens with zero attached hydrogens (tertiary/aromatic N) is 3. The molecule has 2 rings (SSSR count). The van der Waals surface area contributed by atoms with E-state index in [0.29, 0.717) is 33.3 Å². The predicted molar refractivity (Wildman–Crippen MR) is 141 cm³/mol. The van der Waals surface area contributed by atoms with Crippen LogP contribution in [-0.4, -0.2) is 63.2 Å². The fourth-order valence-corrected chi connectivity index (χ4v) is 5.19. The van der Waals surface area contributed by atoms with Crippen LogP contribution in [0.4, 0.5) is 5.69 Å². The number of carbonyl (C=O) groups excluding carboxylic acids is 2. The average molecular weight is 544 g/mol. The van der Waals surface area contributed by atoms with Gasteiger partial charge in [-0.3, -0.25) is 9.59 Å². The molecule has 11 heteroatoms. The van der Waals surface area contributed by atoms with Gasteiger partial charge in [-0.2, -0.15) is 12.7 Å². The number of benzene rings is 2. The van der Waals surface area contributed by atoms with Gasteiger partial charge in [-0.1, -0.05) is 48.3 Å². The van der Waals surface area contributed by atoms with Crippen LogP contribution in [0.3, 0.4) is 0 Å². The lowest BCUT2D eigenvalue weighted by Crippen LogP contribution is -2.53. The fraction of sp³-hybridized carbons (Fsp3) is 0.417. The minimum absolute atomic E-state index is 0.00339. The Morgan fingerprint density at radius 2 is 1.71 bits per heavy atom. The Hall–Kier alpha value is -2.33. The number of nitrogens with one attached hydrogen (secondary N) is 1. The Kier molecular flexibility index (Phi) is 9.97. The second-order valence-corrected chi connectivity index (χ2v) is 11.3. The van der Waals surface area contributed by atoms with E-state index in [1.165, 1.54) is 26.0 Å². The summed E-state index contributed by atoms with van der Waals surface area (Å²) in [4.78, 5) is 27.8. The third-order valence-corrected chi connectivity index (χ3v) is 8.03. The van der Waals surface area contributed by atoms with Crippen molar-refractivity contribution in [3.63, 3.8) is 0 Å². The first kappa shape index (κ1) is 28.9. The Bertz CT molecular complexity index is 1190. The number of halogens is 2. The second kappa shape index (κ2) is 12.1. The lowest BCUT2D eigenvalue weighted by molar-refractivity contribution is -0.140. The second-order valence-electron chi connectivity index (χ2n) is 8.38. The van der Waals surface area contributed by atoms with Gasteiger partial charge in [-0.05, 0) is 55.2 Å². The first-order chi connectivity index (χ1) is 16.3. The lowest BCUT2D eigenvalue weighted by atomic mass is 10.1. The van der Waals surface area contributed by atoms with Crippen LogP contribution in [0.5, 0.6) is 0 Å². The predicted octanol–water partition coefficient (Wildman–Crippen LogP) is 3.78. The number of rotatable bonds is 10. The molecule has 0 aliphatic heterocycles. The van der Waals surface area contributed by atoms with Crippen molar-refractivity contribution >= 4 is 50.9 Å². The molecule has 0 heterocycles. The SMILES string of the molecule is CCC(C(=O)NC)N(Cc1ccc(Cl)cc1Cl)C(=O)CN(c1cc(C)ccc1C)S(=O)(=O)N(C)C. The molecule has 0 fully saturated rings. The third kappa shape index (κ3) is 6.88. The number of amides is 2. The minimum atomic E-state index is -4.03. The van der Waals surface area contributed by atoms with Gasteiger partial charge in [0, 0.05) is 37.7 Å². The van der Waals surface area contributed by atoms with Gasteiger partial charge in [-0.25, -0.2) is 4.31 Å². The molecule has 1 N–H and O–H groups in total. The van der Waals surface area contributed by atoms with E-state index in [0.717, 1.165) is 14.2 Å². The van der Waals surface area contributed by atoms with Crippen molar-refractivity contribution in [2.45, 2.75) is 39.8 Å². The van der Waals surface area contributed by atoms with Crippen LogP contribution in [0, 0.1) is 13.8 Å². The smallest absolute Gasteiger partial charge is 0.304 e. The van der Waals surface area contributed by atoms with Gasteiger partial charge in [0.2, 0.25) is 11.8 Å². The van der Waals surface area contributed by atoms with E-state index >= 15 is 0 Å². The van der Waals surface area contributed by atoms with Gasteiger partial charge in [0.25, 0.3) is 0 Å². The molecule has 0 saturated heterocycles. The zero-order valence-corrected chi connectivity index (χ0v) is 23.1. The first-order valence-electron chi connectivity index (χ1n) is 11.1. The summed E-state index contributed by atoms with van der Waals surface area (Å²) in [6, 6.07) is 9.45. The van der Waals surface area contributed by atoms with Gasteiger partial charge >= 0.3 is 10.2 Å². The molecule has 192 valence electrons. The van der Waals surface area contributed by atoms with Crippen LogP contribution in [0.2, 0.25) is 10.0 Å². The Morgan fingerprint density at radius 3 is 2.26 bits per heavy atom. The molecule has 0 spiro atoms. The van der Waals surface area contributed by atoms with Crippen LogP contribution in [-0.2, 0) is 26.3 Å². The summed E-state index contributed by atoms with van der Waals surface area (Å²) in [6.07, 6.45) is 0.320. The molecule has 0 aromatic heterocycles. The minimum Gasteiger partial charge on any atom is -0.357 e. The molecule has 0 bridgehead atoms. The van der Waals surface area contributed by atoms with E-state index in [9.17, 15) is 18.0 Å². The van der Waals surface area contributed by atoms with Crippen LogP contribution in [0.1, 0.15) is 30.0 Å². The van der Waals surface area contributed by atoms with Crippen molar-refractivity contribution in [3.8, 4) is 0 Å². The molecule has 8 nitrogen and oxygen atoms in total. The van der Waals surface area contributed by atoms with Crippen LogP contribution < -0.4 is 9.62 Å². The molecule has 1 unspecified atom stereocenters. The standard InChI is InChI=1S/C24H32Cl2N4O4S/c1-7-21(24(32)27-4)29(14-18-10-11-19(25)13-20(18)26)23(31)15-30(35(33,34)28(5)6)22-12-16(2)8-9-17(22)3/h8-13,21H,7,14-15H2,1-6H3,(H,27,32). The number of hydrogen-bond donors (Lipinski definition) is 1. The first-order valence-corrected chi connectivity index (χ1v) is 13.2. The van der Waals surface area contributed by atoms with E-state index in [1.54, 1.807) is 44.2 Å². The number of carbonyl (C=O) groups is 2. The highest BCUT2D eigenvalue weighted by Crippen LogP contribution is 2.27. The maximum absolute atomic E-state index is 13.7. The molecule has 2 amide bonds. The summed E-state index contributed by atoms with van der Waals surface area (Å²) in [7, 11) is 0.269. The van der Waals surface area contributed by atoms with E-state index in [2.05, 4.69) is 5.32 Å². The third-order valence-electron chi connectivity index (χ3n) is 5.64. The van der Waals surface area contributed by atoms with E-state index in [4.69, 9.17) is 23.2 Å².